The molecule has 22 heavy (non-hydrogen) atoms. The molecule has 0 saturated heterocycles. The molecule has 2 rings (SSSR count). The van der Waals surface area contributed by atoms with Crippen molar-refractivity contribution in [1.82, 2.24) is 10.2 Å². The van der Waals surface area contributed by atoms with E-state index in [1.165, 1.54) is 7.11 Å². The van der Waals surface area contributed by atoms with E-state index in [0.29, 0.717) is 28.9 Å². The summed E-state index contributed by atoms with van der Waals surface area (Å²) >= 11 is 0. The molecule has 0 bridgehead atoms. The molecule has 6 nitrogen and oxygen atoms in total. The van der Waals surface area contributed by atoms with Crippen molar-refractivity contribution in [2.45, 2.75) is 13.8 Å². The van der Waals surface area contributed by atoms with Gasteiger partial charge in [0.1, 0.15) is 11.6 Å². The third-order valence-corrected chi connectivity index (χ3v) is 2.95. The van der Waals surface area contributed by atoms with Gasteiger partial charge in [0.05, 0.1) is 12.7 Å². The minimum atomic E-state index is -0.283. The van der Waals surface area contributed by atoms with E-state index in [4.69, 9.17) is 4.74 Å². The number of aromatic nitrogens is 2. The lowest BCUT2D eigenvalue weighted by molar-refractivity contribution is 0.102. The Kier molecular flexibility index (Phi) is 5.30. The van der Waals surface area contributed by atoms with Crippen molar-refractivity contribution in [3.8, 4) is 5.75 Å². The maximum atomic E-state index is 12.2. The van der Waals surface area contributed by atoms with Gasteiger partial charge in [-0.05, 0) is 30.2 Å². The second kappa shape index (κ2) is 7.40. The van der Waals surface area contributed by atoms with Crippen LogP contribution >= 0.6 is 0 Å². The van der Waals surface area contributed by atoms with Gasteiger partial charge >= 0.3 is 0 Å². The molecular formula is C16H20N4O2. The molecule has 0 atom stereocenters. The zero-order valence-electron chi connectivity index (χ0n) is 13.0. The minimum absolute atomic E-state index is 0.283. The lowest BCUT2D eigenvalue weighted by Gasteiger charge is -2.09. The molecule has 0 aliphatic carbocycles. The maximum absolute atomic E-state index is 12.2. The monoisotopic (exact) mass is 300 g/mol. The second-order valence-electron chi connectivity index (χ2n) is 5.23. The number of amides is 1. The van der Waals surface area contributed by atoms with Crippen molar-refractivity contribution < 1.29 is 9.53 Å². The van der Waals surface area contributed by atoms with Crippen molar-refractivity contribution in [1.29, 1.82) is 0 Å². The van der Waals surface area contributed by atoms with E-state index in [-0.39, 0.29) is 5.91 Å². The number of nitrogens with one attached hydrogen (secondary N) is 2. The number of hydrogen-bond acceptors (Lipinski definition) is 5. The molecule has 1 aromatic heterocycles. The Morgan fingerprint density at radius 2 is 1.82 bits per heavy atom. The summed E-state index contributed by atoms with van der Waals surface area (Å²) in [6.07, 6.45) is 0. The van der Waals surface area contributed by atoms with E-state index >= 15 is 0 Å². The number of rotatable bonds is 6. The molecule has 1 aromatic carbocycles. The van der Waals surface area contributed by atoms with E-state index < -0.39 is 0 Å². The van der Waals surface area contributed by atoms with Crippen LogP contribution in [-0.2, 0) is 0 Å². The van der Waals surface area contributed by atoms with Crippen LogP contribution in [0, 0.1) is 5.92 Å². The zero-order chi connectivity index (χ0) is 15.9. The first-order chi connectivity index (χ1) is 10.6. The van der Waals surface area contributed by atoms with Gasteiger partial charge in [-0.3, -0.25) is 4.79 Å². The number of nitrogens with zero attached hydrogens (tertiary/aromatic N) is 2. The number of methoxy groups -OCH3 is 1. The van der Waals surface area contributed by atoms with Gasteiger partial charge in [0, 0.05) is 6.54 Å². The Hall–Kier alpha value is -2.63. The smallest absolute Gasteiger partial charge is 0.260 e. The third-order valence-electron chi connectivity index (χ3n) is 2.95. The molecule has 0 unspecified atom stereocenters. The van der Waals surface area contributed by atoms with Crippen LogP contribution in [0.15, 0.2) is 36.4 Å². The van der Waals surface area contributed by atoms with Gasteiger partial charge in [-0.1, -0.05) is 26.0 Å². The molecule has 0 spiro atoms. The average molecular weight is 300 g/mol. The lowest BCUT2D eigenvalue weighted by atomic mass is 10.2. The van der Waals surface area contributed by atoms with Crippen molar-refractivity contribution >= 4 is 17.5 Å². The van der Waals surface area contributed by atoms with E-state index in [1.807, 2.05) is 6.07 Å². The minimum Gasteiger partial charge on any atom is -0.496 e. The fraction of sp³-hybridized carbons (Fsp3) is 0.312. The van der Waals surface area contributed by atoms with Gasteiger partial charge in [0.25, 0.3) is 5.91 Å². The van der Waals surface area contributed by atoms with Crippen LogP contribution in [-0.4, -0.2) is 29.8 Å². The van der Waals surface area contributed by atoms with Crippen molar-refractivity contribution in [2.24, 2.45) is 5.92 Å². The molecule has 0 aliphatic rings. The van der Waals surface area contributed by atoms with Crippen molar-refractivity contribution in [3.05, 3.63) is 42.0 Å². The largest absolute Gasteiger partial charge is 0.496 e. The Balaban J connectivity index is 2.02. The van der Waals surface area contributed by atoms with Gasteiger partial charge in [-0.2, -0.15) is 0 Å². The predicted molar refractivity (Wildman–Crippen MR) is 86.3 cm³/mol. The molecule has 2 N–H and O–H groups in total. The summed E-state index contributed by atoms with van der Waals surface area (Å²) < 4.78 is 5.17. The number of hydrogen-bond donors (Lipinski definition) is 2. The highest BCUT2D eigenvalue weighted by molar-refractivity contribution is 6.05. The lowest BCUT2D eigenvalue weighted by Crippen LogP contribution is -2.15. The van der Waals surface area contributed by atoms with E-state index in [1.54, 1.807) is 30.3 Å². The van der Waals surface area contributed by atoms with Crippen LogP contribution in [0.3, 0.4) is 0 Å². The van der Waals surface area contributed by atoms with Gasteiger partial charge in [-0.25, -0.2) is 0 Å². The highest BCUT2D eigenvalue weighted by atomic mass is 16.5. The van der Waals surface area contributed by atoms with Crippen molar-refractivity contribution in [3.63, 3.8) is 0 Å². The van der Waals surface area contributed by atoms with Gasteiger partial charge in [0.2, 0.25) is 0 Å². The van der Waals surface area contributed by atoms with E-state index in [2.05, 4.69) is 34.7 Å². The zero-order valence-corrected chi connectivity index (χ0v) is 13.0. The van der Waals surface area contributed by atoms with E-state index in [9.17, 15) is 4.79 Å². The molecule has 1 amide bonds. The first-order valence-corrected chi connectivity index (χ1v) is 7.12. The summed E-state index contributed by atoms with van der Waals surface area (Å²) in [5, 5.41) is 13.9. The maximum Gasteiger partial charge on any atom is 0.260 e. The molecule has 116 valence electrons. The summed E-state index contributed by atoms with van der Waals surface area (Å²) in [7, 11) is 1.53. The Labute approximate surface area is 129 Å². The van der Waals surface area contributed by atoms with Crippen LogP contribution in [0.1, 0.15) is 24.2 Å². The van der Waals surface area contributed by atoms with E-state index in [0.717, 1.165) is 6.54 Å². The third kappa shape index (κ3) is 4.18. The van der Waals surface area contributed by atoms with Crippen LogP contribution in [0.5, 0.6) is 5.75 Å². The van der Waals surface area contributed by atoms with Crippen LogP contribution in [0.4, 0.5) is 11.6 Å². The van der Waals surface area contributed by atoms with Gasteiger partial charge < -0.3 is 15.4 Å². The average Bonchev–Trinajstić information content (AvgIpc) is 2.54. The van der Waals surface area contributed by atoms with Crippen LogP contribution in [0.25, 0.3) is 0 Å². The fourth-order valence-corrected chi connectivity index (χ4v) is 1.82. The summed E-state index contributed by atoms with van der Waals surface area (Å²) in [5.41, 5.74) is 0.453. The first kappa shape index (κ1) is 15.8. The number of carbonyl (C=O) groups excluding carboxylic acids is 1. The molecule has 0 radical (unpaired) electrons. The molecule has 0 saturated carbocycles. The fourth-order valence-electron chi connectivity index (χ4n) is 1.82. The van der Waals surface area contributed by atoms with Crippen LogP contribution < -0.4 is 15.4 Å². The summed E-state index contributed by atoms with van der Waals surface area (Å²) in [5.74, 6) is 1.83. The number of carbonyl (C=O) groups is 1. The van der Waals surface area contributed by atoms with Gasteiger partial charge in [-0.15, -0.1) is 10.2 Å². The number of benzene rings is 1. The molecule has 2 aromatic rings. The number of para-hydroxylation sites is 1. The Bertz CT molecular complexity index is 626. The normalized spacial score (nSPS) is 10.4. The summed E-state index contributed by atoms with van der Waals surface area (Å²) in [4.78, 5) is 12.2. The molecule has 1 heterocycles. The SMILES string of the molecule is COc1ccccc1C(=O)Nc1ccc(NCC(C)C)nn1. The second-order valence-corrected chi connectivity index (χ2v) is 5.23. The first-order valence-electron chi connectivity index (χ1n) is 7.12. The van der Waals surface area contributed by atoms with Crippen molar-refractivity contribution in [2.75, 3.05) is 24.3 Å². The summed E-state index contributed by atoms with van der Waals surface area (Å²) in [6, 6.07) is 10.5. The molecule has 0 aliphatic heterocycles. The topological polar surface area (TPSA) is 76.1 Å². The molecule has 0 fully saturated rings. The highest BCUT2D eigenvalue weighted by Crippen LogP contribution is 2.18. The predicted octanol–water partition coefficient (Wildman–Crippen LogP) is 2.81. The number of anilines is 2. The molecular weight excluding hydrogens is 280 g/mol. The number of ether oxygens (including phenoxy) is 1. The van der Waals surface area contributed by atoms with Gasteiger partial charge in [0.15, 0.2) is 5.82 Å². The quantitative estimate of drug-likeness (QED) is 0.858. The Morgan fingerprint density at radius 1 is 1.14 bits per heavy atom. The standard InChI is InChI=1S/C16H20N4O2/c1-11(2)10-17-14-8-9-15(20-19-14)18-16(21)12-6-4-5-7-13(12)22-3/h4-9,11H,10H2,1-3H3,(H,17,19)(H,18,20,21). The summed E-state index contributed by atoms with van der Waals surface area (Å²) in [6.45, 7) is 5.05. The Morgan fingerprint density at radius 3 is 2.45 bits per heavy atom. The highest BCUT2D eigenvalue weighted by Gasteiger charge is 2.12. The molecule has 6 heteroatoms. The van der Waals surface area contributed by atoms with Crippen LogP contribution in [0.2, 0.25) is 0 Å².